The third kappa shape index (κ3) is 3.58. The number of aromatic nitrogens is 2. The Morgan fingerprint density at radius 2 is 2.11 bits per heavy atom. The molecule has 1 saturated carbocycles. The van der Waals surface area contributed by atoms with Crippen LogP contribution in [-0.2, 0) is 6.42 Å². The Morgan fingerprint density at radius 1 is 1.33 bits per heavy atom. The van der Waals surface area contributed by atoms with Crippen molar-refractivity contribution in [2.75, 3.05) is 17.3 Å². The molecule has 0 spiro atoms. The summed E-state index contributed by atoms with van der Waals surface area (Å²) in [5.74, 6) is 1.66. The summed E-state index contributed by atoms with van der Waals surface area (Å²) in [6.45, 7) is 3.06. The monoisotopic (exact) mass is 287 g/mol. The highest BCUT2D eigenvalue weighted by molar-refractivity contribution is 7.09. The maximum absolute atomic E-state index is 5.95. The predicted octanol–water partition coefficient (Wildman–Crippen LogP) is 3.87. The van der Waals surface area contributed by atoms with Crippen LogP contribution >= 0.6 is 23.1 Å². The molecule has 0 bridgehead atoms. The summed E-state index contributed by atoms with van der Waals surface area (Å²) >= 11 is 7.49. The number of hydrogen-bond donors (Lipinski definition) is 0. The first-order valence-electron chi connectivity index (χ1n) is 7.00. The fourth-order valence-electron chi connectivity index (χ4n) is 2.60. The Labute approximate surface area is 119 Å². The smallest absolute Gasteiger partial charge is 0.205 e. The van der Waals surface area contributed by atoms with Crippen molar-refractivity contribution in [3.8, 4) is 0 Å². The summed E-state index contributed by atoms with van der Waals surface area (Å²) in [4.78, 5) is 7.06. The van der Waals surface area contributed by atoms with Crippen molar-refractivity contribution >= 4 is 28.3 Å². The third-order valence-electron chi connectivity index (χ3n) is 3.52. The van der Waals surface area contributed by atoms with E-state index < -0.39 is 0 Å². The number of halogens is 1. The topological polar surface area (TPSA) is 29.0 Å². The first-order chi connectivity index (χ1) is 8.85. The lowest BCUT2D eigenvalue weighted by atomic mass is 9.94. The lowest BCUT2D eigenvalue weighted by molar-refractivity contribution is 0.418. The highest BCUT2D eigenvalue weighted by Gasteiger charge is 2.23. The van der Waals surface area contributed by atoms with Gasteiger partial charge in [-0.15, -0.1) is 11.6 Å². The van der Waals surface area contributed by atoms with Gasteiger partial charge in [0.2, 0.25) is 5.13 Å². The minimum Gasteiger partial charge on any atom is -0.343 e. The molecule has 102 valence electrons. The van der Waals surface area contributed by atoms with Crippen LogP contribution in [0.4, 0.5) is 5.13 Å². The Bertz CT molecular complexity index is 350. The van der Waals surface area contributed by atoms with Crippen molar-refractivity contribution in [1.82, 2.24) is 9.36 Å². The van der Waals surface area contributed by atoms with E-state index in [4.69, 9.17) is 11.6 Å². The number of anilines is 1. The molecule has 0 saturated heterocycles. The molecule has 1 aromatic heterocycles. The van der Waals surface area contributed by atoms with Gasteiger partial charge in [0.05, 0.1) is 0 Å². The van der Waals surface area contributed by atoms with E-state index in [-0.39, 0.29) is 0 Å². The maximum Gasteiger partial charge on any atom is 0.205 e. The number of alkyl halides is 1. The second-order valence-corrected chi connectivity index (χ2v) is 6.03. The summed E-state index contributed by atoms with van der Waals surface area (Å²) < 4.78 is 4.45. The molecule has 3 nitrogen and oxygen atoms in total. The van der Waals surface area contributed by atoms with Crippen LogP contribution in [0.3, 0.4) is 0 Å². The molecular weight excluding hydrogens is 266 g/mol. The van der Waals surface area contributed by atoms with Crippen LogP contribution in [0.15, 0.2) is 0 Å². The average molecular weight is 288 g/mol. The first-order valence-corrected chi connectivity index (χ1v) is 8.31. The Balaban J connectivity index is 2.06. The van der Waals surface area contributed by atoms with E-state index in [9.17, 15) is 0 Å². The van der Waals surface area contributed by atoms with Gasteiger partial charge in [-0.2, -0.15) is 4.37 Å². The summed E-state index contributed by atoms with van der Waals surface area (Å²) in [7, 11) is 0. The zero-order valence-electron chi connectivity index (χ0n) is 11.1. The summed E-state index contributed by atoms with van der Waals surface area (Å²) in [6, 6.07) is 0.625. The zero-order chi connectivity index (χ0) is 12.8. The molecule has 0 radical (unpaired) electrons. The van der Waals surface area contributed by atoms with Crippen molar-refractivity contribution in [1.29, 1.82) is 0 Å². The van der Waals surface area contributed by atoms with Gasteiger partial charge < -0.3 is 4.90 Å². The maximum atomic E-state index is 5.95. The van der Waals surface area contributed by atoms with Gasteiger partial charge in [0.15, 0.2) is 0 Å². The van der Waals surface area contributed by atoms with Crippen molar-refractivity contribution in [3.63, 3.8) is 0 Å². The molecule has 0 amide bonds. The molecule has 1 fully saturated rings. The van der Waals surface area contributed by atoms with Crippen LogP contribution in [0.2, 0.25) is 0 Å². The van der Waals surface area contributed by atoms with Crippen LogP contribution in [0.5, 0.6) is 0 Å². The Morgan fingerprint density at radius 3 is 2.78 bits per heavy atom. The van der Waals surface area contributed by atoms with Crippen molar-refractivity contribution in [2.45, 2.75) is 57.9 Å². The molecule has 1 aromatic rings. The molecule has 5 heteroatoms. The molecular formula is C13H22ClN3S. The van der Waals surface area contributed by atoms with Gasteiger partial charge in [-0.3, -0.25) is 0 Å². The summed E-state index contributed by atoms with van der Waals surface area (Å²) in [5, 5.41) is 1.08. The molecule has 0 aliphatic heterocycles. The van der Waals surface area contributed by atoms with Gasteiger partial charge in [0, 0.05) is 36.4 Å². The molecule has 18 heavy (non-hydrogen) atoms. The molecule has 1 aliphatic carbocycles. The standard InChI is InChI=1S/C13H22ClN3S/c1-2-6-12-15-13(18-16-12)17(10-9-14)11-7-4-3-5-8-11/h11H,2-10H2,1H3. The summed E-state index contributed by atoms with van der Waals surface area (Å²) in [5.41, 5.74) is 0. The number of nitrogens with zero attached hydrogens (tertiary/aromatic N) is 3. The van der Waals surface area contributed by atoms with Crippen LogP contribution in [0.25, 0.3) is 0 Å². The van der Waals surface area contributed by atoms with Crippen LogP contribution in [0, 0.1) is 0 Å². The minimum atomic E-state index is 0.625. The second kappa shape index (κ2) is 7.29. The van der Waals surface area contributed by atoms with Crippen molar-refractivity contribution < 1.29 is 0 Å². The molecule has 1 heterocycles. The lowest BCUT2D eigenvalue weighted by Crippen LogP contribution is -2.38. The molecule has 0 unspecified atom stereocenters. The van der Waals surface area contributed by atoms with Gasteiger partial charge in [-0.05, 0) is 19.3 Å². The van der Waals surface area contributed by atoms with Gasteiger partial charge in [0.25, 0.3) is 0 Å². The molecule has 2 rings (SSSR count). The highest BCUT2D eigenvalue weighted by atomic mass is 35.5. The number of hydrogen-bond acceptors (Lipinski definition) is 4. The third-order valence-corrected chi connectivity index (χ3v) is 4.48. The van der Waals surface area contributed by atoms with E-state index in [2.05, 4.69) is 21.2 Å². The van der Waals surface area contributed by atoms with E-state index in [0.29, 0.717) is 11.9 Å². The van der Waals surface area contributed by atoms with Crippen molar-refractivity contribution in [2.24, 2.45) is 0 Å². The number of aryl methyl sites for hydroxylation is 1. The fourth-order valence-corrected chi connectivity index (χ4v) is 3.60. The summed E-state index contributed by atoms with van der Waals surface area (Å²) in [6.07, 6.45) is 8.70. The van der Waals surface area contributed by atoms with Crippen molar-refractivity contribution in [3.05, 3.63) is 5.82 Å². The quantitative estimate of drug-likeness (QED) is 0.744. The average Bonchev–Trinajstić information content (AvgIpc) is 2.86. The first kappa shape index (κ1) is 14.1. The predicted molar refractivity (Wildman–Crippen MR) is 78.8 cm³/mol. The van der Waals surface area contributed by atoms with Gasteiger partial charge in [-0.1, -0.05) is 26.2 Å². The lowest BCUT2D eigenvalue weighted by Gasteiger charge is -2.33. The fraction of sp³-hybridized carbons (Fsp3) is 0.846. The molecule has 0 aromatic carbocycles. The van der Waals surface area contributed by atoms with Gasteiger partial charge >= 0.3 is 0 Å². The number of rotatable bonds is 6. The van der Waals surface area contributed by atoms with Crippen LogP contribution < -0.4 is 4.90 Å². The molecule has 0 N–H and O–H groups in total. The zero-order valence-corrected chi connectivity index (χ0v) is 12.6. The molecule has 1 aliphatic rings. The van der Waals surface area contributed by atoms with Gasteiger partial charge in [-0.25, -0.2) is 4.98 Å². The second-order valence-electron chi connectivity index (χ2n) is 4.92. The van der Waals surface area contributed by atoms with E-state index in [0.717, 1.165) is 30.3 Å². The van der Waals surface area contributed by atoms with Gasteiger partial charge in [0.1, 0.15) is 5.82 Å². The van der Waals surface area contributed by atoms with E-state index in [1.165, 1.54) is 43.6 Å². The minimum absolute atomic E-state index is 0.625. The Hall–Kier alpha value is -0.350. The SMILES string of the molecule is CCCc1nsc(N(CCCl)C2CCCCC2)n1. The van der Waals surface area contributed by atoms with Crippen LogP contribution in [-0.4, -0.2) is 27.8 Å². The van der Waals surface area contributed by atoms with E-state index >= 15 is 0 Å². The van der Waals surface area contributed by atoms with E-state index in [1.54, 1.807) is 0 Å². The normalized spacial score (nSPS) is 17.0. The van der Waals surface area contributed by atoms with Crippen LogP contribution in [0.1, 0.15) is 51.3 Å². The largest absolute Gasteiger partial charge is 0.343 e. The highest BCUT2D eigenvalue weighted by Crippen LogP contribution is 2.28. The molecule has 0 atom stereocenters. The Kier molecular flexibility index (Phi) is 5.70. The van der Waals surface area contributed by atoms with E-state index in [1.807, 2.05) is 0 Å².